The monoisotopic (exact) mass is 238 g/mol. The van der Waals surface area contributed by atoms with Gasteiger partial charge in [-0.25, -0.2) is 4.39 Å². The molecule has 0 bridgehead atoms. The van der Waals surface area contributed by atoms with E-state index in [-0.39, 0.29) is 11.9 Å². The minimum atomic E-state index is -0.144. The van der Waals surface area contributed by atoms with Crippen molar-refractivity contribution in [2.24, 2.45) is 0 Å². The second-order valence-electron chi connectivity index (χ2n) is 4.37. The molecule has 4 heteroatoms. The molecule has 1 aliphatic rings. The van der Waals surface area contributed by atoms with Gasteiger partial charge in [0.2, 0.25) is 0 Å². The molecule has 94 valence electrons. The van der Waals surface area contributed by atoms with Crippen molar-refractivity contribution >= 4 is 5.69 Å². The Labute approximate surface area is 102 Å². The maximum absolute atomic E-state index is 13.9. The SMILES string of the molecule is CNCc1cccc(F)c1N1CCC(OC)C1. The summed E-state index contributed by atoms with van der Waals surface area (Å²) >= 11 is 0. The molecule has 0 aromatic heterocycles. The van der Waals surface area contributed by atoms with Crippen molar-refractivity contribution in [2.45, 2.75) is 19.1 Å². The lowest BCUT2D eigenvalue weighted by atomic mass is 10.1. The van der Waals surface area contributed by atoms with Gasteiger partial charge in [-0.05, 0) is 25.1 Å². The summed E-state index contributed by atoms with van der Waals surface area (Å²) in [7, 11) is 3.58. The van der Waals surface area contributed by atoms with Gasteiger partial charge in [-0.15, -0.1) is 0 Å². The third-order valence-electron chi connectivity index (χ3n) is 3.23. The Morgan fingerprint density at radius 3 is 3.00 bits per heavy atom. The molecule has 0 aliphatic carbocycles. The number of anilines is 1. The van der Waals surface area contributed by atoms with Gasteiger partial charge in [0.05, 0.1) is 11.8 Å². The molecule has 0 saturated carbocycles. The van der Waals surface area contributed by atoms with Gasteiger partial charge in [-0.2, -0.15) is 0 Å². The second kappa shape index (κ2) is 5.47. The zero-order valence-corrected chi connectivity index (χ0v) is 10.4. The molecule has 0 radical (unpaired) electrons. The van der Waals surface area contributed by atoms with Crippen molar-refractivity contribution in [3.8, 4) is 0 Å². The Balaban J connectivity index is 2.24. The summed E-state index contributed by atoms with van der Waals surface area (Å²) in [5.74, 6) is -0.144. The molecule has 1 aliphatic heterocycles. The summed E-state index contributed by atoms with van der Waals surface area (Å²) < 4.78 is 19.3. The summed E-state index contributed by atoms with van der Waals surface area (Å²) in [6.45, 7) is 2.31. The van der Waals surface area contributed by atoms with Crippen molar-refractivity contribution < 1.29 is 9.13 Å². The summed E-state index contributed by atoms with van der Waals surface area (Å²) in [6, 6.07) is 5.25. The fourth-order valence-corrected chi connectivity index (χ4v) is 2.37. The lowest BCUT2D eigenvalue weighted by molar-refractivity contribution is 0.121. The average Bonchev–Trinajstić information content (AvgIpc) is 2.78. The summed E-state index contributed by atoms with van der Waals surface area (Å²) in [6.07, 6.45) is 1.18. The molecule has 1 unspecified atom stereocenters. The molecule has 1 atom stereocenters. The summed E-state index contributed by atoms with van der Waals surface area (Å²) in [4.78, 5) is 2.08. The number of rotatable bonds is 4. The van der Waals surface area contributed by atoms with Gasteiger partial charge in [0.1, 0.15) is 5.82 Å². The number of hydrogen-bond donors (Lipinski definition) is 1. The Kier molecular flexibility index (Phi) is 3.97. The van der Waals surface area contributed by atoms with E-state index in [1.165, 1.54) is 6.07 Å². The highest BCUT2D eigenvalue weighted by molar-refractivity contribution is 5.55. The first-order valence-corrected chi connectivity index (χ1v) is 5.96. The van der Waals surface area contributed by atoms with Crippen LogP contribution in [0.4, 0.5) is 10.1 Å². The molecule has 0 amide bonds. The normalized spacial score (nSPS) is 19.9. The molecule has 2 rings (SSSR count). The van der Waals surface area contributed by atoms with Crippen molar-refractivity contribution in [1.29, 1.82) is 0 Å². The quantitative estimate of drug-likeness (QED) is 0.865. The third kappa shape index (κ3) is 2.58. The summed E-state index contributed by atoms with van der Waals surface area (Å²) in [5, 5.41) is 3.08. The van der Waals surface area contributed by atoms with E-state index in [1.807, 2.05) is 13.1 Å². The van der Waals surface area contributed by atoms with Crippen LogP contribution in [0.2, 0.25) is 0 Å². The van der Waals surface area contributed by atoms with Gasteiger partial charge in [0, 0.05) is 26.7 Å². The highest BCUT2D eigenvalue weighted by Crippen LogP contribution is 2.28. The van der Waals surface area contributed by atoms with Gasteiger partial charge in [0.25, 0.3) is 0 Å². The molecule has 17 heavy (non-hydrogen) atoms. The fraction of sp³-hybridized carbons (Fsp3) is 0.538. The Bertz CT molecular complexity index is 384. The third-order valence-corrected chi connectivity index (χ3v) is 3.23. The molecule has 1 N–H and O–H groups in total. The van der Waals surface area contributed by atoms with Gasteiger partial charge in [-0.3, -0.25) is 0 Å². The number of hydrogen-bond acceptors (Lipinski definition) is 3. The van der Waals surface area contributed by atoms with Gasteiger partial charge < -0.3 is 15.0 Å². The van der Waals surface area contributed by atoms with Crippen LogP contribution in [0.1, 0.15) is 12.0 Å². The number of nitrogens with one attached hydrogen (secondary N) is 1. The van der Waals surface area contributed by atoms with Crippen molar-refractivity contribution in [3.63, 3.8) is 0 Å². The number of halogens is 1. The van der Waals surface area contributed by atoms with Crippen molar-refractivity contribution in [1.82, 2.24) is 5.32 Å². The first kappa shape index (κ1) is 12.3. The van der Waals surface area contributed by atoms with Gasteiger partial charge in [-0.1, -0.05) is 12.1 Å². The molecule has 3 nitrogen and oxygen atoms in total. The van der Waals surface area contributed by atoms with Crippen LogP contribution < -0.4 is 10.2 Å². The topological polar surface area (TPSA) is 24.5 Å². The van der Waals surface area contributed by atoms with Crippen LogP contribution in [-0.2, 0) is 11.3 Å². The minimum Gasteiger partial charge on any atom is -0.380 e. The lowest BCUT2D eigenvalue weighted by Gasteiger charge is -2.22. The van der Waals surface area contributed by atoms with E-state index in [0.717, 1.165) is 30.8 Å². The number of methoxy groups -OCH3 is 1. The molecule has 1 fully saturated rings. The predicted molar refractivity (Wildman–Crippen MR) is 66.8 cm³/mol. The van der Waals surface area contributed by atoms with Crippen LogP contribution >= 0.6 is 0 Å². The maximum Gasteiger partial charge on any atom is 0.146 e. The summed E-state index contributed by atoms with van der Waals surface area (Å²) in [5.41, 5.74) is 1.73. The van der Waals surface area contributed by atoms with Crippen LogP contribution in [0.25, 0.3) is 0 Å². The molecule has 1 saturated heterocycles. The van der Waals surface area contributed by atoms with Crippen LogP contribution in [0.15, 0.2) is 18.2 Å². The number of ether oxygens (including phenoxy) is 1. The highest BCUT2D eigenvalue weighted by Gasteiger charge is 2.25. The van der Waals surface area contributed by atoms with E-state index < -0.39 is 0 Å². The van der Waals surface area contributed by atoms with E-state index in [1.54, 1.807) is 13.2 Å². The fourth-order valence-electron chi connectivity index (χ4n) is 2.37. The Morgan fingerprint density at radius 1 is 1.53 bits per heavy atom. The lowest BCUT2D eigenvalue weighted by Crippen LogP contribution is -2.25. The average molecular weight is 238 g/mol. The van der Waals surface area contributed by atoms with E-state index in [0.29, 0.717) is 6.54 Å². The van der Waals surface area contributed by atoms with E-state index in [9.17, 15) is 4.39 Å². The zero-order chi connectivity index (χ0) is 12.3. The van der Waals surface area contributed by atoms with Gasteiger partial charge in [0.15, 0.2) is 0 Å². The van der Waals surface area contributed by atoms with Crippen LogP contribution in [-0.4, -0.2) is 33.4 Å². The van der Waals surface area contributed by atoms with E-state index in [2.05, 4.69) is 10.2 Å². The zero-order valence-electron chi connectivity index (χ0n) is 10.4. The van der Waals surface area contributed by atoms with Crippen LogP contribution in [0, 0.1) is 5.82 Å². The molecule has 1 aromatic carbocycles. The Hall–Kier alpha value is -1.13. The van der Waals surface area contributed by atoms with Gasteiger partial charge >= 0.3 is 0 Å². The maximum atomic E-state index is 13.9. The smallest absolute Gasteiger partial charge is 0.146 e. The van der Waals surface area contributed by atoms with Crippen molar-refractivity contribution in [3.05, 3.63) is 29.6 Å². The second-order valence-corrected chi connectivity index (χ2v) is 4.37. The standard InChI is InChI=1S/C13H19FN2O/c1-15-8-10-4-3-5-12(14)13(10)16-7-6-11(9-16)17-2/h3-5,11,15H,6-9H2,1-2H3. The van der Waals surface area contributed by atoms with E-state index >= 15 is 0 Å². The number of nitrogens with zero attached hydrogens (tertiary/aromatic N) is 1. The molecule has 1 heterocycles. The first-order valence-electron chi connectivity index (χ1n) is 5.96. The van der Waals surface area contributed by atoms with Crippen molar-refractivity contribution in [2.75, 3.05) is 32.1 Å². The molecular weight excluding hydrogens is 219 g/mol. The van der Waals surface area contributed by atoms with Crippen LogP contribution in [0.3, 0.4) is 0 Å². The number of benzene rings is 1. The Morgan fingerprint density at radius 2 is 2.35 bits per heavy atom. The van der Waals surface area contributed by atoms with E-state index in [4.69, 9.17) is 4.74 Å². The first-order chi connectivity index (χ1) is 8.26. The predicted octanol–water partition coefficient (Wildman–Crippen LogP) is 1.77. The minimum absolute atomic E-state index is 0.144. The highest BCUT2D eigenvalue weighted by atomic mass is 19.1. The number of para-hydroxylation sites is 1. The largest absolute Gasteiger partial charge is 0.380 e. The molecule has 1 aromatic rings. The van der Waals surface area contributed by atoms with Crippen LogP contribution in [0.5, 0.6) is 0 Å². The molecule has 0 spiro atoms. The molecular formula is C13H19FN2O.